The number of ether oxygens (including phenoxy) is 1. The average molecular weight is 359 g/mol. The van der Waals surface area contributed by atoms with Crippen LogP contribution in [0.25, 0.3) is 0 Å². The maximum absolute atomic E-state index is 5.45. The number of aryl methyl sites for hydroxylation is 1. The normalized spacial score (nSPS) is 13.9. The van der Waals surface area contributed by atoms with Crippen molar-refractivity contribution in [2.24, 2.45) is 4.99 Å². The molecule has 0 unspecified atom stereocenters. The number of allylic oxidation sites excluding steroid dienone is 3. The summed E-state index contributed by atoms with van der Waals surface area (Å²) in [5, 5.41) is 3.38. The van der Waals surface area contributed by atoms with Gasteiger partial charge in [0.05, 0.1) is 13.7 Å². The van der Waals surface area contributed by atoms with Gasteiger partial charge in [0, 0.05) is 17.2 Å². The number of benzene rings is 1. The predicted octanol–water partition coefficient (Wildman–Crippen LogP) is 5.18. The topological polar surface area (TPSA) is 33.6 Å². The van der Waals surface area contributed by atoms with Crippen LogP contribution in [0.1, 0.15) is 25.3 Å². The van der Waals surface area contributed by atoms with Crippen LogP contribution in [-0.2, 0) is 0 Å². The lowest BCUT2D eigenvalue weighted by molar-refractivity contribution is 0.404. The number of hydrogen-bond acceptors (Lipinski definition) is 4. The van der Waals surface area contributed by atoms with Gasteiger partial charge in [-0.05, 0) is 43.0 Å². The standard InChI is InChI=1S/C19H26N2OS.C2H4/c1-4-5-6-7-16(19-20-11-12-21-19)10-13-23-18-14-15(2)8-9-17(18)22-3;1-2/h5-9,14H,4,10-13H2,1-3H3,(H,20,21);1-2H2/b6-5-,16-7+;. The van der Waals surface area contributed by atoms with Crippen molar-refractivity contribution in [2.45, 2.75) is 31.6 Å². The molecule has 0 fully saturated rings. The van der Waals surface area contributed by atoms with Crippen LogP contribution < -0.4 is 10.1 Å². The molecule has 136 valence electrons. The van der Waals surface area contributed by atoms with E-state index in [9.17, 15) is 0 Å². The second-order valence-electron chi connectivity index (χ2n) is 5.44. The Morgan fingerprint density at radius 3 is 2.84 bits per heavy atom. The Morgan fingerprint density at radius 1 is 1.40 bits per heavy atom. The van der Waals surface area contributed by atoms with Crippen molar-refractivity contribution >= 4 is 17.6 Å². The highest BCUT2D eigenvalue weighted by Crippen LogP contribution is 2.31. The fourth-order valence-corrected chi connectivity index (χ4v) is 3.49. The largest absolute Gasteiger partial charge is 0.496 e. The Balaban J connectivity index is 0.00000151. The van der Waals surface area contributed by atoms with Gasteiger partial charge in [-0.3, -0.25) is 4.99 Å². The average Bonchev–Trinajstić information content (AvgIpc) is 3.17. The van der Waals surface area contributed by atoms with Crippen molar-refractivity contribution in [2.75, 3.05) is 26.0 Å². The first kappa shape index (κ1) is 21.1. The third-order valence-electron chi connectivity index (χ3n) is 3.60. The van der Waals surface area contributed by atoms with Crippen LogP contribution in [0.15, 0.2) is 65.0 Å². The molecule has 1 aromatic rings. The highest BCUT2D eigenvalue weighted by atomic mass is 32.2. The Kier molecular flexibility index (Phi) is 10.5. The Bertz CT molecular complexity index is 620. The molecule has 0 bridgehead atoms. The van der Waals surface area contributed by atoms with Gasteiger partial charge in [-0.15, -0.1) is 24.9 Å². The third-order valence-corrected chi connectivity index (χ3v) is 4.63. The molecule has 25 heavy (non-hydrogen) atoms. The zero-order chi connectivity index (χ0) is 18.5. The molecule has 0 radical (unpaired) electrons. The van der Waals surface area contributed by atoms with E-state index in [-0.39, 0.29) is 0 Å². The van der Waals surface area contributed by atoms with Gasteiger partial charge in [0.2, 0.25) is 0 Å². The molecule has 1 heterocycles. The van der Waals surface area contributed by atoms with Crippen molar-refractivity contribution in [3.05, 3.63) is 60.7 Å². The molecule has 4 heteroatoms. The van der Waals surface area contributed by atoms with E-state index in [1.807, 2.05) is 17.8 Å². The molecule has 0 atom stereocenters. The van der Waals surface area contributed by atoms with Gasteiger partial charge < -0.3 is 10.1 Å². The predicted molar refractivity (Wildman–Crippen MR) is 112 cm³/mol. The van der Waals surface area contributed by atoms with Crippen molar-refractivity contribution in [3.63, 3.8) is 0 Å². The van der Waals surface area contributed by atoms with E-state index >= 15 is 0 Å². The second kappa shape index (κ2) is 12.4. The quantitative estimate of drug-likeness (QED) is 0.395. The zero-order valence-corrected chi connectivity index (χ0v) is 16.5. The third kappa shape index (κ3) is 7.22. The van der Waals surface area contributed by atoms with Crippen LogP contribution in [-0.4, -0.2) is 31.8 Å². The van der Waals surface area contributed by atoms with E-state index in [0.29, 0.717) is 0 Å². The summed E-state index contributed by atoms with van der Waals surface area (Å²) in [6, 6.07) is 6.32. The Labute approximate surface area is 157 Å². The van der Waals surface area contributed by atoms with Crippen molar-refractivity contribution in [3.8, 4) is 5.75 Å². The summed E-state index contributed by atoms with van der Waals surface area (Å²) in [6.45, 7) is 12.1. The summed E-state index contributed by atoms with van der Waals surface area (Å²) >= 11 is 1.84. The molecule has 1 N–H and O–H groups in total. The molecular weight excluding hydrogens is 328 g/mol. The summed E-state index contributed by atoms with van der Waals surface area (Å²) in [5.41, 5.74) is 2.54. The van der Waals surface area contributed by atoms with Gasteiger partial charge >= 0.3 is 0 Å². The Morgan fingerprint density at radius 2 is 2.20 bits per heavy atom. The molecule has 0 aromatic heterocycles. The molecule has 1 aromatic carbocycles. The van der Waals surface area contributed by atoms with Crippen molar-refractivity contribution in [1.82, 2.24) is 5.32 Å². The van der Waals surface area contributed by atoms with Crippen molar-refractivity contribution < 1.29 is 4.74 Å². The monoisotopic (exact) mass is 358 g/mol. The first-order chi connectivity index (χ1) is 12.2. The summed E-state index contributed by atoms with van der Waals surface area (Å²) in [6.07, 6.45) is 8.54. The number of methoxy groups -OCH3 is 1. The lowest BCUT2D eigenvalue weighted by atomic mass is 10.1. The maximum atomic E-state index is 5.45. The van der Waals surface area contributed by atoms with Gasteiger partial charge in [0.15, 0.2) is 0 Å². The smallest absolute Gasteiger partial charge is 0.132 e. The van der Waals surface area contributed by atoms with Gasteiger partial charge in [0.1, 0.15) is 11.6 Å². The molecule has 0 saturated carbocycles. The number of rotatable bonds is 8. The fraction of sp³-hybridized carbons (Fsp3) is 0.381. The van der Waals surface area contributed by atoms with E-state index < -0.39 is 0 Å². The molecule has 0 amide bonds. The van der Waals surface area contributed by atoms with E-state index in [4.69, 9.17) is 4.74 Å². The molecular formula is C21H30N2OS. The number of hydrogen-bond donors (Lipinski definition) is 1. The lowest BCUT2D eigenvalue weighted by Gasteiger charge is -2.11. The van der Waals surface area contributed by atoms with Gasteiger partial charge in [-0.25, -0.2) is 0 Å². The van der Waals surface area contributed by atoms with Crippen LogP contribution in [0.5, 0.6) is 5.75 Å². The molecule has 0 aliphatic carbocycles. The number of amidine groups is 1. The lowest BCUT2D eigenvalue weighted by Crippen LogP contribution is -2.20. The van der Waals surface area contributed by atoms with Gasteiger partial charge in [0.25, 0.3) is 0 Å². The summed E-state index contributed by atoms with van der Waals surface area (Å²) in [4.78, 5) is 5.76. The molecule has 1 aliphatic heterocycles. The van der Waals surface area contributed by atoms with Crippen LogP contribution >= 0.6 is 11.8 Å². The molecule has 2 rings (SSSR count). The summed E-state index contributed by atoms with van der Waals surface area (Å²) in [7, 11) is 1.73. The van der Waals surface area contributed by atoms with Crippen molar-refractivity contribution in [1.29, 1.82) is 0 Å². The number of aliphatic imine (C=N–C) groups is 1. The van der Waals surface area contributed by atoms with Gasteiger partial charge in [-0.2, -0.15) is 0 Å². The maximum Gasteiger partial charge on any atom is 0.132 e. The fourth-order valence-electron chi connectivity index (χ4n) is 2.38. The highest BCUT2D eigenvalue weighted by molar-refractivity contribution is 7.99. The Hall–Kier alpha value is -1.94. The summed E-state index contributed by atoms with van der Waals surface area (Å²) in [5.74, 6) is 3.02. The van der Waals surface area contributed by atoms with Crippen LogP contribution in [0, 0.1) is 6.92 Å². The summed E-state index contributed by atoms with van der Waals surface area (Å²) < 4.78 is 5.45. The van der Waals surface area contributed by atoms with E-state index in [0.717, 1.165) is 43.3 Å². The first-order valence-electron chi connectivity index (χ1n) is 8.66. The van der Waals surface area contributed by atoms with Gasteiger partial charge in [-0.1, -0.05) is 31.2 Å². The zero-order valence-electron chi connectivity index (χ0n) is 15.7. The van der Waals surface area contributed by atoms with E-state index in [1.54, 1.807) is 7.11 Å². The molecule has 3 nitrogen and oxygen atoms in total. The van der Waals surface area contributed by atoms with Crippen LogP contribution in [0.4, 0.5) is 0 Å². The molecule has 0 saturated heterocycles. The van der Waals surface area contributed by atoms with Crippen LogP contribution in [0.2, 0.25) is 0 Å². The number of thioether (sulfide) groups is 1. The van der Waals surface area contributed by atoms with E-state index in [1.165, 1.54) is 16.0 Å². The minimum Gasteiger partial charge on any atom is -0.496 e. The second-order valence-corrected chi connectivity index (χ2v) is 6.57. The molecule has 1 aliphatic rings. The minimum absolute atomic E-state index is 0.878. The van der Waals surface area contributed by atoms with E-state index in [2.05, 4.69) is 67.7 Å². The number of nitrogens with one attached hydrogen (secondary N) is 1. The molecule has 0 spiro atoms. The first-order valence-corrected chi connectivity index (χ1v) is 9.65. The van der Waals surface area contributed by atoms with Crippen LogP contribution in [0.3, 0.4) is 0 Å². The number of nitrogens with zero attached hydrogens (tertiary/aromatic N) is 1. The minimum atomic E-state index is 0.878. The highest BCUT2D eigenvalue weighted by Gasteiger charge is 2.11. The SMILES string of the molecule is C=C.CC/C=C\C=C(/CCSc1cc(C)ccc1OC)C1=NCCN1.